The number of fused-ring (bicyclic) bond motifs is 1. The van der Waals surface area contributed by atoms with Gasteiger partial charge in [0.1, 0.15) is 33.2 Å². The van der Waals surface area contributed by atoms with Gasteiger partial charge in [0, 0.05) is 11.6 Å². The molecule has 3 aromatic heterocycles. The molecule has 0 aliphatic rings. The Bertz CT molecular complexity index is 1250. The first-order chi connectivity index (χ1) is 13.5. The summed E-state index contributed by atoms with van der Waals surface area (Å²) < 4.78 is 14.8. The summed E-state index contributed by atoms with van der Waals surface area (Å²) in [5, 5.41) is 12.9. The van der Waals surface area contributed by atoms with Gasteiger partial charge in [-0.25, -0.2) is 24.3 Å². The number of nitrogens with two attached hydrogens (primary N) is 1. The number of hydrogen-bond donors (Lipinski definition) is 2. The molecule has 11 heteroatoms. The Morgan fingerprint density at radius 1 is 1.14 bits per heavy atom. The highest BCUT2D eigenvalue weighted by Crippen LogP contribution is 2.41. The largest absolute Gasteiger partial charge is 0.384 e. The van der Waals surface area contributed by atoms with E-state index in [1.165, 1.54) is 24.5 Å². The minimum atomic E-state index is -0.592. The van der Waals surface area contributed by atoms with Gasteiger partial charge < -0.3 is 11.1 Å². The minimum absolute atomic E-state index is 0.107. The lowest BCUT2D eigenvalue weighted by molar-refractivity contribution is 0.632. The SMILES string of the molecule is N#Cc1cc(Cl)c(-c2nc3c(F)cnc(Nc4cc(N)ncn4)c3s2)c(Cl)c1. The Morgan fingerprint density at radius 2 is 1.89 bits per heavy atom. The van der Waals surface area contributed by atoms with Crippen LogP contribution in [0.5, 0.6) is 0 Å². The minimum Gasteiger partial charge on any atom is -0.384 e. The highest BCUT2D eigenvalue weighted by atomic mass is 35.5. The second kappa shape index (κ2) is 7.16. The first-order valence-corrected chi connectivity index (χ1v) is 9.22. The molecular weight excluding hydrogens is 424 g/mol. The average molecular weight is 432 g/mol. The van der Waals surface area contributed by atoms with Crippen molar-refractivity contribution in [1.29, 1.82) is 5.26 Å². The van der Waals surface area contributed by atoms with Gasteiger partial charge in [-0.1, -0.05) is 23.2 Å². The summed E-state index contributed by atoms with van der Waals surface area (Å²) in [4.78, 5) is 16.3. The lowest BCUT2D eigenvalue weighted by Crippen LogP contribution is -1.99. The lowest BCUT2D eigenvalue weighted by Gasteiger charge is -2.05. The molecule has 138 valence electrons. The van der Waals surface area contributed by atoms with E-state index in [0.29, 0.717) is 32.5 Å². The van der Waals surface area contributed by atoms with Crippen LogP contribution in [0.1, 0.15) is 5.56 Å². The van der Waals surface area contributed by atoms with Crippen molar-refractivity contribution in [3.63, 3.8) is 0 Å². The van der Waals surface area contributed by atoms with Gasteiger partial charge in [-0.15, -0.1) is 11.3 Å². The molecule has 1 aromatic carbocycles. The molecule has 28 heavy (non-hydrogen) atoms. The Labute approximate surface area is 171 Å². The number of thiazole rings is 1. The van der Waals surface area contributed by atoms with Crippen LogP contribution < -0.4 is 11.1 Å². The summed E-state index contributed by atoms with van der Waals surface area (Å²) in [5.41, 5.74) is 6.49. The van der Waals surface area contributed by atoms with Crippen molar-refractivity contribution < 1.29 is 4.39 Å². The zero-order chi connectivity index (χ0) is 19.8. The van der Waals surface area contributed by atoms with Crippen molar-refractivity contribution in [2.75, 3.05) is 11.1 Å². The molecule has 7 nitrogen and oxygen atoms in total. The summed E-state index contributed by atoms with van der Waals surface area (Å²) in [5.74, 6) is 0.430. The monoisotopic (exact) mass is 431 g/mol. The molecule has 0 aliphatic carbocycles. The van der Waals surface area contributed by atoms with E-state index in [1.807, 2.05) is 6.07 Å². The van der Waals surface area contributed by atoms with E-state index in [1.54, 1.807) is 0 Å². The first-order valence-electron chi connectivity index (χ1n) is 7.65. The zero-order valence-electron chi connectivity index (χ0n) is 13.7. The highest BCUT2D eigenvalue weighted by Gasteiger charge is 2.19. The van der Waals surface area contributed by atoms with E-state index in [0.717, 1.165) is 17.5 Å². The van der Waals surface area contributed by atoms with Crippen LogP contribution in [0.15, 0.2) is 30.7 Å². The third-order valence-corrected chi connectivity index (χ3v) is 5.37. The summed E-state index contributed by atoms with van der Waals surface area (Å²) in [6.45, 7) is 0. The van der Waals surface area contributed by atoms with Crippen molar-refractivity contribution in [3.8, 4) is 16.6 Å². The molecule has 4 aromatic rings. The number of anilines is 3. The van der Waals surface area contributed by atoms with Crippen molar-refractivity contribution in [2.45, 2.75) is 0 Å². The number of benzene rings is 1. The van der Waals surface area contributed by atoms with Crippen molar-refractivity contribution in [1.82, 2.24) is 19.9 Å². The number of nitrogens with zero attached hydrogens (tertiary/aromatic N) is 5. The number of rotatable bonds is 3. The van der Waals surface area contributed by atoms with Crippen LogP contribution in [0, 0.1) is 17.1 Å². The fraction of sp³-hybridized carbons (Fsp3) is 0. The van der Waals surface area contributed by atoms with Crippen molar-refractivity contribution in [2.24, 2.45) is 0 Å². The smallest absolute Gasteiger partial charge is 0.168 e. The van der Waals surface area contributed by atoms with E-state index in [9.17, 15) is 4.39 Å². The molecule has 0 radical (unpaired) electrons. The predicted molar refractivity (Wildman–Crippen MR) is 107 cm³/mol. The fourth-order valence-corrected chi connectivity index (χ4v) is 4.35. The third-order valence-electron chi connectivity index (χ3n) is 3.70. The number of nitriles is 1. The molecule has 0 spiro atoms. The summed E-state index contributed by atoms with van der Waals surface area (Å²) in [6.07, 6.45) is 2.35. The maximum Gasteiger partial charge on any atom is 0.168 e. The maximum absolute atomic E-state index is 14.3. The van der Waals surface area contributed by atoms with E-state index >= 15 is 0 Å². The van der Waals surface area contributed by atoms with Crippen LogP contribution in [-0.2, 0) is 0 Å². The second-order valence-electron chi connectivity index (χ2n) is 5.53. The van der Waals surface area contributed by atoms with Crippen LogP contribution in [0.2, 0.25) is 10.0 Å². The van der Waals surface area contributed by atoms with Crippen LogP contribution in [0.4, 0.5) is 21.8 Å². The number of nitrogen functional groups attached to an aromatic ring is 1. The molecule has 0 unspecified atom stereocenters. The molecule has 0 fully saturated rings. The Hall–Kier alpha value is -3.06. The van der Waals surface area contributed by atoms with Gasteiger partial charge in [0.15, 0.2) is 11.6 Å². The molecule has 0 aliphatic heterocycles. The number of aromatic nitrogens is 4. The van der Waals surface area contributed by atoms with Crippen LogP contribution >= 0.6 is 34.5 Å². The standard InChI is InChI=1S/C17H8Cl2FN7S/c18-8-1-7(4-21)2-9(19)13(8)17-27-14-10(20)5-23-16(15(14)28-17)26-12-3-11(22)24-6-25-12/h1-3,5-6H,(H3,22,23,24,25,26). The lowest BCUT2D eigenvalue weighted by atomic mass is 10.1. The fourth-order valence-electron chi connectivity index (χ4n) is 2.48. The van der Waals surface area contributed by atoms with E-state index in [-0.39, 0.29) is 21.4 Å². The Kier molecular flexibility index (Phi) is 4.68. The second-order valence-corrected chi connectivity index (χ2v) is 7.34. The molecule has 0 saturated heterocycles. The van der Waals surface area contributed by atoms with E-state index < -0.39 is 5.82 Å². The van der Waals surface area contributed by atoms with Gasteiger partial charge in [-0.2, -0.15) is 5.26 Å². The summed E-state index contributed by atoms with van der Waals surface area (Å²) in [7, 11) is 0. The van der Waals surface area contributed by atoms with Gasteiger partial charge in [-0.3, -0.25) is 0 Å². The van der Waals surface area contributed by atoms with Crippen molar-refractivity contribution >= 4 is 62.2 Å². The van der Waals surface area contributed by atoms with Gasteiger partial charge in [0.05, 0.1) is 27.9 Å². The van der Waals surface area contributed by atoms with Gasteiger partial charge in [0.2, 0.25) is 0 Å². The Morgan fingerprint density at radius 3 is 2.57 bits per heavy atom. The number of hydrogen-bond acceptors (Lipinski definition) is 8. The van der Waals surface area contributed by atoms with E-state index in [2.05, 4.69) is 25.3 Å². The maximum atomic E-state index is 14.3. The van der Waals surface area contributed by atoms with Crippen LogP contribution in [-0.4, -0.2) is 19.9 Å². The van der Waals surface area contributed by atoms with Gasteiger partial charge in [0.25, 0.3) is 0 Å². The first kappa shape index (κ1) is 18.3. The summed E-state index contributed by atoms with van der Waals surface area (Å²) >= 11 is 13.7. The molecule has 4 rings (SSSR count). The topological polar surface area (TPSA) is 113 Å². The molecule has 3 heterocycles. The highest BCUT2D eigenvalue weighted by molar-refractivity contribution is 7.22. The summed E-state index contributed by atoms with van der Waals surface area (Å²) in [6, 6.07) is 6.45. The number of pyridine rings is 1. The predicted octanol–water partition coefficient (Wildman–Crippen LogP) is 4.79. The number of halogens is 3. The zero-order valence-corrected chi connectivity index (χ0v) is 16.1. The molecule has 0 saturated carbocycles. The van der Waals surface area contributed by atoms with Gasteiger partial charge in [-0.05, 0) is 12.1 Å². The third kappa shape index (κ3) is 3.29. The van der Waals surface area contributed by atoms with Crippen LogP contribution in [0.3, 0.4) is 0 Å². The molecule has 3 N–H and O–H groups in total. The van der Waals surface area contributed by atoms with Gasteiger partial charge >= 0.3 is 0 Å². The quantitative estimate of drug-likeness (QED) is 0.478. The van der Waals surface area contributed by atoms with Crippen LogP contribution in [0.25, 0.3) is 20.8 Å². The number of nitrogens with one attached hydrogen (secondary N) is 1. The molecule has 0 atom stereocenters. The molecular formula is C17H8Cl2FN7S. The molecule has 0 bridgehead atoms. The molecule has 0 amide bonds. The van der Waals surface area contributed by atoms with E-state index in [4.69, 9.17) is 34.2 Å². The Balaban J connectivity index is 1.86. The average Bonchev–Trinajstić information content (AvgIpc) is 3.09. The van der Waals surface area contributed by atoms with Crippen molar-refractivity contribution in [3.05, 3.63) is 52.1 Å². The normalized spacial score (nSPS) is 10.8.